The highest BCUT2D eigenvalue weighted by atomic mass is 32.1. The highest BCUT2D eigenvalue weighted by Crippen LogP contribution is 2.43. The minimum atomic E-state index is -4.64. The summed E-state index contributed by atoms with van der Waals surface area (Å²) in [5, 5.41) is 12.7. The average Bonchev–Trinajstić information content (AvgIpc) is 3.02. The van der Waals surface area contributed by atoms with Crippen LogP contribution in [0.15, 0.2) is 41.3 Å². The highest BCUT2D eigenvalue weighted by Gasteiger charge is 2.27. The van der Waals surface area contributed by atoms with Crippen molar-refractivity contribution in [1.29, 1.82) is 0 Å². The minimum absolute atomic E-state index is 0.375. The SMILES string of the molecule is CN1CCC(=C2c3ccccc3CC(O)c3sccc32)CC1.O=P(O)(O)O. The maximum Gasteiger partial charge on any atom is 0.466 e. The minimum Gasteiger partial charge on any atom is -0.387 e. The topological polar surface area (TPSA) is 101 Å². The summed E-state index contributed by atoms with van der Waals surface area (Å²) in [5.74, 6) is 0. The lowest BCUT2D eigenvalue weighted by Crippen LogP contribution is -2.27. The third kappa shape index (κ3) is 5.15. The summed E-state index contributed by atoms with van der Waals surface area (Å²) < 4.78 is 8.88. The quantitative estimate of drug-likeness (QED) is 0.499. The van der Waals surface area contributed by atoms with Crippen LogP contribution in [0.2, 0.25) is 0 Å². The molecule has 1 fully saturated rings. The van der Waals surface area contributed by atoms with Gasteiger partial charge in [-0.1, -0.05) is 29.8 Å². The zero-order valence-electron chi connectivity index (χ0n) is 15.1. The lowest BCUT2D eigenvalue weighted by molar-refractivity contribution is 0.182. The summed E-state index contributed by atoms with van der Waals surface area (Å²) in [6.45, 7) is 2.26. The third-order valence-electron chi connectivity index (χ3n) is 4.91. The number of rotatable bonds is 0. The van der Waals surface area contributed by atoms with Crippen LogP contribution in [0.1, 0.15) is 40.5 Å². The van der Waals surface area contributed by atoms with Crippen molar-refractivity contribution in [2.45, 2.75) is 25.4 Å². The molecule has 2 aliphatic rings. The Morgan fingerprint density at radius 2 is 1.70 bits per heavy atom. The molecular weight excluding hydrogens is 385 g/mol. The van der Waals surface area contributed by atoms with E-state index in [0.29, 0.717) is 0 Å². The molecule has 2 heterocycles. The number of piperidine rings is 1. The van der Waals surface area contributed by atoms with Crippen LogP contribution < -0.4 is 0 Å². The second-order valence-corrected chi connectivity index (χ2v) is 8.84. The molecule has 2 aromatic rings. The van der Waals surface area contributed by atoms with Gasteiger partial charge in [0.2, 0.25) is 0 Å². The number of thiophene rings is 1. The molecule has 146 valence electrons. The number of nitrogens with zero attached hydrogens (tertiary/aromatic N) is 1. The lowest BCUT2D eigenvalue weighted by Gasteiger charge is -2.27. The third-order valence-corrected chi connectivity index (χ3v) is 5.93. The van der Waals surface area contributed by atoms with Crippen LogP contribution in [0.25, 0.3) is 5.57 Å². The molecule has 4 N–H and O–H groups in total. The zero-order chi connectivity index (χ0) is 19.6. The Bertz CT molecular complexity index is 869. The Morgan fingerprint density at radius 1 is 1.07 bits per heavy atom. The van der Waals surface area contributed by atoms with Gasteiger partial charge in [-0.25, -0.2) is 4.57 Å². The van der Waals surface area contributed by atoms with Crippen molar-refractivity contribution >= 4 is 24.7 Å². The van der Waals surface area contributed by atoms with Gasteiger partial charge >= 0.3 is 7.82 Å². The number of phosphoric acid groups is 1. The van der Waals surface area contributed by atoms with E-state index in [-0.39, 0.29) is 6.10 Å². The van der Waals surface area contributed by atoms with Gasteiger partial charge < -0.3 is 24.7 Å². The number of hydrogen-bond donors (Lipinski definition) is 4. The molecule has 0 radical (unpaired) electrons. The first-order valence-corrected chi connectivity index (χ1v) is 11.2. The fourth-order valence-electron chi connectivity index (χ4n) is 3.69. The van der Waals surface area contributed by atoms with Gasteiger partial charge in [0.1, 0.15) is 0 Å². The van der Waals surface area contributed by atoms with E-state index >= 15 is 0 Å². The van der Waals surface area contributed by atoms with Gasteiger partial charge in [-0.2, -0.15) is 0 Å². The maximum absolute atomic E-state index is 10.6. The van der Waals surface area contributed by atoms with E-state index in [1.807, 2.05) is 0 Å². The molecule has 8 heteroatoms. The Kier molecular flexibility index (Phi) is 6.33. The molecule has 27 heavy (non-hydrogen) atoms. The van der Waals surface area contributed by atoms with Crippen LogP contribution >= 0.6 is 19.2 Å². The van der Waals surface area contributed by atoms with Crippen molar-refractivity contribution in [3.05, 3.63) is 62.9 Å². The second kappa shape index (κ2) is 8.37. The largest absolute Gasteiger partial charge is 0.466 e. The normalized spacial score (nSPS) is 20.3. The van der Waals surface area contributed by atoms with Crippen LogP contribution in [0.3, 0.4) is 0 Å². The van der Waals surface area contributed by atoms with E-state index in [0.717, 1.165) is 37.2 Å². The standard InChI is InChI=1S/C19H21NOS.H3O4P/c1-20-9-6-13(7-10-20)18-15-5-3-2-4-14(15)12-17(21)19-16(18)8-11-22-19;1-5(2,3)4/h2-5,8,11,17,21H,6-7,9-10,12H2,1H3;(H3,1,2,3,4). The molecule has 0 saturated carbocycles. The first kappa shape index (κ1) is 20.4. The van der Waals surface area contributed by atoms with Gasteiger partial charge in [0, 0.05) is 24.4 Å². The van der Waals surface area contributed by atoms with Crippen molar-refractivity contribution < 1.29 is 24.4 Å². The summed E-state index contributed by atoms with van der Waals surface area (Å²) in [5.41, 5.74) is 6.83. The van der Waals surface area contributed by atoms with Crippen LogP contribution in [-0.4, -0.2) is 44.8 Å². The van der Waals surface area contributed by atoms with Gasteiger partial charge in [0.05, 0.1) is 6.10 Å². The molecule has 6 nitrogen and oxygen atoms in total. The van der Waals surface area contributed by atoms with Gasteiger partial charge in [-0.15, -0.1) is 11.3 Å². The molecule has 1 aromatic heterocycles. The number of likely N-dealkylation sites (tertiary alicyclic amines) is 1. The molecule has 0 spiro atoms. The second-order valence-electron chi connectivity index (χ2n) is 6.87. The van der Waals surface area contributed by atoms with Crippen molar-refractivity contribution in [2.75, 3.05) is 20.1 Å². The van der Waals surface area contributed by atoms with Crippen LogP contribution in [-0.2, 0) is 11.0 Å². The average molecular weight is 409 g/mol. The molecule has 1 aromatic carbocycles. The van der Waals surface area contributed by atoms with Gasteiger partial charge in [0.25, 0.3) is 0 Å². The van der Waals surface area contributed by atoms with Crippen molar-refractivity contribution in [3.8, 4) is 0 Å². The smallest absolute Gasteiger partial charge is 0.387 e. The summed E-state index contributed by atoms with van der Waals surface area (Å²) in [4.78, 5) is 25.1. The van der Waals surface area contributed by atoms with Crippen molar-refractivity contribution in [2.24, 2.45) is 0 Å². The maximum atomic E-state index is 10.6. The molecule has 1 atom stereocenters. The van der Waals surface area contributed by atoms with E-state index in [4.69, 9.17) is 19.2 Å². The summed E-state index contributed by atoms with van der Waals surface area (Å²) in [7, 11) is -2.44. The van der Waals surface area contributed by atoms with Crippen molar-refractivity contribution in [3.63, 3.8) is 0 Å². The fraction of sp³-hybridized carbons (Fsp3) is 0.368. The Morgan fingerprint density at radius 3 is 2.37 bits per heavy atom. The molecular formula is C19H24NO5PS. The lowest BCUT2D eigenvalue weighted by atomic mass is 9.88. The first-order chi connectivity index (χ1) is 12.7. The monoisotopic (exact) mass is 409 g/mol. The number of benzene rings is 1. The molecule has 1 aliphatic carbocycles. The predicted molar refractivity (Wildman–Crippen MR) is 106 cm³/mol. The molecule has 0 amide bonds. The van der Waals surface area contributed by atoms with E-state index in [9.17, 15) is 5.11 Å². The van der Waals surface area contributed by atoms with Gasteiger partial charge in [-0.3, -0.25) is 0 Å². The molecule has 1 saturated heterocycles. The summed E-state index contributed by atoms with van der Waals surface area (Å²) in [6.07, 6.45) is 2.61. The summed E-state index contributed by atoms with van der Waals surface area (Å²) in [6, 6.07) is 10.8. The van der Waals surface area contributed by atoms with E-state index < -0.39 is 7.82 Å². The molecule has 0 bridgehead atoms. The molecule has 1 aliphatic heterocycles. The van der Waals surface area contributed by atoms with Crippen molar-refractivity contribution in [1.82, 2.24) is 4.90 Å². The van der Waals surface area contributed by atoms with Crippen LogP contribution in [0.4, 0.5) is 0 Å². The van der Waals surface area contributed by atoms with Gasteiger partial charge in [-0.05, 0) is 53.6 Å². The van der Waals surface area contributed by atoms with Crippen LogP contribution in [0, 0.1) is 0 Å². The summed E-state index contributed by atoms with van der Waals surface area (Å²) >= 11 is 1.69. The predicted octanol–water partition coefficient (Wildman–Crippen LogP) is 2.94. The zero-order valence-corrected chi connectivity index (χ0v) is 16.8. The number of hydrogen-bond acceptors (Lipinski definition) is 4. The Hall–Kier alpha value is -1.31. The number of aliphatic hydroxyl groups is 1. The first-order valence-electron chi connectivity index (χ1n) is 8.77. The van der Waals surface area contributed by atoms with Crippen LogP contribution in [0.5, 0.6) is 0 Å². The Labute approximate surface area is 162 Å². The Balaban J connectivity index is 0.000000376. The van der Waals surface area contributed by atoms with E-state index in [1.165, 1.54) is 22.3 Å². The van der Waals surface area contributed by atoms with Gasteiger partial charge in [0.15, 0.2) is 0 Å². The molecule has 4 rings (SSSR count). The number of fused-ring (bicyclic) bond motifs is 2. The fourth-order valence-corrected chi connectivity index (χ4v) is 4.58. The van der Waals surface area contributed by atoms with E-state index in [2.05, 4.69) is 47.7 Å². The molecule has 1 unspecified atom stereocenters. The number of aliphatic hydroxyl groups excluding tert-OH is 1. The highest BCUT2D eigenvalue weighted by molar-refractivity contribution is 7.45. The van der Waals surface area contributed by atoms with E-state index in [1.54, 1.807) is 16.9 Å².